The third-order valence-electron chi connectivity index (χ3n) is 4.99. The number of benzene rings is 3. The lowest BCUT2D eigenvalue weighted by molar-refractivity contribution is 0.101. The van der Waals surface area contributed by atoms with Crippen molar-refractivity contribution in [2.45, 2.75) is 6.92 Å². The van der Waals surface area contributed by atoms with Crippen molar-refractivity contribution in [3.63, 3.8) is 0 Å². The maximum Gasteiger partial charge on any atom is 0.513 e. The highest BCUT2D eigenvalue weighted by molar-refractivity contribution is 6.06. The van der Waals surface area contributed by atoms with Crippen LogP contribution in [-0.2, 0) is 4.74 Å². The molecule has 8 nitrogen and oxygen atoms in total. The molecule has 0 fully saturated rings. The quantitative estimate of drug-likeness (QED) is 0.274. The predicted molar refractivity (Wildman–Crippen MR) is 132 cm³/mol. The van der Waals surface area contributed by atoms with E-state index in [1.807, 2.05) is 41.2 Å². The van der Waals surface area contributed by atoms with Gasteiger partial charge in [-0.2, -0.15) is 0 Å². The van der Waals surface area contributed by atoms with Gasteiger partial charge in [0.25, 0.3) is 11.8 Å². The summed E-state index contributed by atoms with van der Waals surface area (Å²) in [7, 11) is 0. The summed E-state index contributed by atoms with van der Waals surface area (Å²) in [6, 6.07) is 24.1. The summed E-state index contributed by atoms with van der Waals surface area (Å²) in [5.41, 5.74) is 2.90. The van der Waals surface area contributed by atoms with Crippen LogP contribution in [0.4, 0.5) is 16.2 Å². The first-order valence-corrected chi connectivity index (χ1v) is 10.9. The summed E-state index contributed by atoms with van der Waals surface area (Å²) in [5.74, 6) is -0.340. The molecule has 4 rings (SSSR count). The number of nitrogens with one attached hydrogen (secondary N) is 2. The summed E-state index contributed by atoms with van der Waals surface area (Å²) < 4.78 is 11.7. The molecule has 4 aromatic rings. The normalized spacial score (nSPS) is 10.3. The number of ether oxygens (including phenoxy) is 2. The number of rotatable bonds is 7. The molecular formula is C27H23N3O5. The van der Waals surface area contributed by atoms with Gasteiger partial charge in [0.05, 0.1) is 6.61 Å². The highest BCUT2D eigenvalue weighted by atomic mass is 16.7. The molecule has 0 radical (unpaired) electrons. The summed E-state index contributed by atoms with van der Waals surface area (Å²) in [5, 5.41) is 5.63. The second-order valence-electron chi connectivity index (χ2n) is 7.44. The van der Waals surface area contributed by atoms with Crippen LogP contribution in [0.25, 0.3) is 5.69 Å². The van der Waals surface area contributed by atoms with Gasteiger partial charge in [-0.25, -0.2) is 4.79 Å². The van der Waals surface area contributed by atoms with Crippen LogP contribution >= 0.6 is 0 Å². The van der Waals surface area contributed by atoms with Crippen molar-refractivity contribution in [3.8, 4) is 11.4 Å². The van der Waals surface area contributed by atoms with E-state index in [0.29, 0.717) is 22.5 Å². The van der Waals surface area contributed by atoms with Crippen molar-refractivity contribution in [1.82, 2.24) is 4.57 Å². The number of carbonyl (C=O) groups excluding carboxylic acids is 3. The van der Waals surface area contributed by atoms with E-state index in [1.54, 1.807) is 43.3 Å². The molecule has 0 spiro atoms. The number of carbonyl (C=O) groups is 3. The fourth-order valence-corrected chi connectivity index (χ4v) is 3.29. The highest BCUT2D eigenvalue weighted by Gasteiger charge is 2.11. The zero-order chi connectivity index (χ0) is 24.6. The average Bonchev–Trinajstić information content (AvgIpc) is 3.40. The number of nitrogens with zero attached hydrogens (tertiary/aromatic N) is 1. The summed E-state index contributed by atoms with van der Waals surface area (Å²) in [6.45, 7) is 1.89. The minimum absolute atomic E-state index is 0.208. The molecule has 0 atom stereocenters. The Morgan fingerprint density at radius 3 is 1.83 bits per heavy atom. The van der Waals surface area contributed by atoms with Gasteiger partial charge in [-0.15, -0.1) is 0 Å². The van der Waals surface area contributed by atoms with Gasteiger partial charge < -0.3 is 24.7 Å². The van der Waals surface area contributed by atoms with Crippen LogP contribution < -0.4 is 15.4 Å². The number of aromatic nitrogens is 1. The summed E-state index contributed by atoms with van der Waals surface area (Å²) in [4.78, 5) is 36.6. The first-order chi connectivity index (χ1) is 17.0. The van der Waals surface area contributed by atoms with Crippen LogP contribution in [0.2, 0.25) is 0 Å². The molecule has 1 heterocycles. The van der Waals surface area contributed by atoms with E-state index in [0.717, 1.165) is 5.69 Å². The van der Waals surface area contributed by atoms with Gasteiger partial charge in [-0.05, 0) is 85.8 Å². The molecule has 0 bridgehead atoms. The lowest BCUT2D eigenvalue weighted by Crippen LogP contribution is -2.14. The van der Waals surface area contributed by atoms with E-state index in [4.69, 9.17) is 9.47 Å². The van der Waals surface area contributed by atoms with Gasteiger partial charge in [-0.1, -0.05) is 6.07 Å². The van der Waals surface area contributed by atoms with Crippen LogP contribution in [0.5, 0.6) is 5.75 Å². The summed E-state index contributed by atoms with van der Waals surface area (Å²) >= 11 is 0. The SMILES string of the molecule is CCOC(=O)Oc1ccc(C(=O)Nc2cccc(NC(=O)c3ccc(-n4cccc4)cc3)c2)cc1. The van der Waals surface area contributed by atoms with Crippen molar-refractivity contribution in [3.05, 3.63) is 108 Å². The van der Waals surface area contributed by atoms with Crippen molar-refractivity contribution >= 4 is 29.3 Å². The van der Waals surface area contributed by atoms with E-state index >= 15 is 0 Å². The van der Waals surface area contributed by atoms with Crippen molar-refractivity contribution in [2.24, 2.45) is 0 Å². The zero-order valence-corrected chi connectivity index (χ0v) is 18.9. The molecule has 8 heteroatoms. The molecular weight excluding hydrogens is 446 g/mol. The van der Waals surface area contributed by atoms with Crippen LogP contribution in [0, 0.1) is 0 Å². The van der Waals surface area contributed by atoms with Gasteiger partial charge in [0.15, 0.2) is 0 Å². The molecule has 0 aliphatic rings. The van der Waals surface area contributed by atoms with Crippen LogP contribution in [0.1, 0.15) is 27.6 Å². The van der Waals surface area contributed by atoms with Crippen LogP contribution in [-0.4, -0.2) is 29.1 Å². The topological polar surface area (TPSA) is 98.7 Å². The molecule has 0 aliphatic heterocycles. The Morgan fingerprint density at radius 2 is 1.29 bits per heavy atom. The van der Waals surface area contributed by atoms with E-state index < -0.39 is 6.16 Å². The molecule has 3 aromatic carbocycles. The van der Waals surface area contributed by atoms with Gasteiger partial charge in [-0.3, -0.25) is 9.59 Å². The molecule has 2 amide bonds. The number of hydrogen-bond donors (Lipinski definition) is 2. The third-order valence-corrected chi connectivity index (χ3v) is 4.99. The van der Waals surface area contributed by atoms with Crippen molar-refractivity contribution in [2.75, 3.05) is 17.2 Å². The van der Waals surface area contributed by atoms with E-state index in [2.05, 4.69) is 10.6 Å². The largest absolute Gasteiger partial charge is 0.513 e. The molecule has 1 aromatic heterocycles. The Bertz CT molecular complexity index is 1310. The Hall–Kier alpha value is -4.85. The monoisotopic (exact) mass is 469 g/mol. The lowest BCUT2D eigenvalue weighted by Gasteiger charge is -2.10. The standard InChI is InChI=1S/C27H23N3O5/c1-2-34-27(33)35-24-14-10-20(11-15-24)26(32)29-22-7-5-6-21(18-22)28-25(31)19-8-12-23(13-9-19)30-16-3-4-17-30/h3-18H,2H2,1H3,(H,28,31)(H,29,32). The average molecular weight is 469 g/mol. The third kappa shape index (κ3) is 6.14. The fraction of sp³-hybridized carbons (Fsp3) is 0.0741. The predicted octanol–water partition coefficient (Wildman–Crippen LogP) is 5.52. The smallest absolute Gasteiger partial charge is 0.434 e. The second kappa shape index (κ2) is 10.8. The van der Waals surface area contributed by atoms with Crippen LogP contribution in [0.3, 0.4) is 0 Å². The fourth-order valence-electron chi connectivity index (χ4n) is 3.29. The van der Waals surface area contributed by atoms with E-state index in [9.17, 15) is 14.4 Å². The molecule has 0 saturated heterocycles. The second-order valence-corrected chi connectivity index (χ2v) is 7.44. The van der Waals surface area contributed by atoms with E-state index in [1.165, 1.54) is 24.3 Å². The number of anilines is 2. The van der Waals surface area contributed by atoms with Gasteiger partial charge >= 0.3 is 6.16 Å². The number of hydrogen-bond acceptors (Lipinski definition) is 5. The van der Waals surface area contributed by atoms with Crippen LogP contribution in [0.15, 0.2) is 97.3 Å². The molecule has 0 saturated carbocycles. The highest BCUT2D eigenvalue weighted by Crippen LogP contribution is 2.19. The molecule has 176 valence electrons. The maximum absolute atomic E-state index is 12.7. The van der Waals surface area contributed by atoms with Gasteiger partial charge in [0.1, 0.15) is 5.75 Å². The molecule has 0 aliphatic carbocycles. The minimum atomic E-state index is -0.805. The first-order valence-electron chi connectivity index (χ1n) is 10.9. The maximum atomic E-state index is 12.7. The molecule has 35 heavy (non-hydrogen) atoms. The Morgan fingerprint density at radius 1 is 0.743 bits per heavy atom. The summed E-state index contributed by atoms with van der Waals surface area (Å²) in [6.07, 6.45) is 3.06. The first kappa shape index (κ1) is 23.3. The van der Waals surface area contributed by atoms with Crippen molar-refractivity contribution < 1.29 is 23.9 Å². The Balaban J connectivity index is 1.36. The Kier molecular flexibility index (Phi) is 7.22. The molecule has 2 N–H and O–H groups in total. The lowest BCUT2D eigenvalue weighted by atomic mass is 10.1. The minimum Gasteiger partial charge on any atom is -0.434 e. The van der Waals surface area contributed by atoms with Crippen molar-refractivity contribution in [1.29, 1.82) is 0 Å². The van der Waals surface area contributed by atoms with E-state index in [-0.39, 0.29) is 24.2 Å². The van der Waals surface area contributed by atoms with Gasteiger partial charge in [0.2, 0.25) is 0 Å². The molecule has 0 unspecified atom stereocenters. The number of amides is 2. The zero-order valence-electron chi connectivity index (χ0n) is 18.9. The van der Waals surface area contributed by atoms with Gasteiger partial charge in [0, 0.05) is 40.6 Å². The Labute approximate surface area is 202 Å².